The molecule has 2 rings (SSSR count). The summed E-state index contributed by atoms with van der Waals surface area (Å²) in [5.41, 5.74) is -1.80. The number of hydrogen-bond acceptors (Lipinski definition) is 4. The summed E-state index contributed by atoms with van der Waals surface area (Å²) in [5, 5.41) is 0. The van der Waals surface area contributed by atoms with E-state index < -0.39 is 11.2 Å². The molecule has 0 spiro atoms. The van der Waals surface area contributed by atoms with Crippen LogP contribution in [0.4, 0.5) is 9.59 Å². The second-order valence-electron chi connectivity index (χ2n) is 7.14. The summed E-state index contributed by atoms with van der Waals surface area (Å²) in [4.78, 5) is 27.8. The molecule has 0 N–H and O–H groups in total. The lowest BCUT2D eigenvalue weighted by Crippen LogP contribution is -2.54. The Balaban J connectivity index is 1.95. The molecule has 0 saturated carbocycles. The number of likely N-dealkylation sites (tertiary alicyclic amines) is 2. The Morgan fingerprint density at radius 2 is 0.955 bits per heavy atom. The lowest BCUT2D eigenvalue weighted by atomic mass is 9.89. The Bertz CT molecular complexity index is 382. The van der Waals surface area contributed by atoms with Crippen LogP contribution in [0.15, 0.2) is 0 Å². The topological polar surface area (TPSA) is 59.1 Å². The van der Waals surface area contributed by atoms with Gasteiger partial charge in [0, 0.05) is 26.2 Å². The number of hydrogen-bond donors (Lipinski definition) is 0. The summed E-state index contributed by atoms with van der Waals surface area (Å²) in [5.74, 6) is 0. The minimum atomic E-state index is -0.901. The molecule has 0 bridgehead atoms. The monoisotopic (exact) mass is 312 g/mol. The van der Waals surface area contributed by atoms with Crippen molar-refractivity contribution in [2.75, 3.05) is 26.2 Å². The fourth-order valence-electron chi connectivity index (χ4n) is 2.61. The number of rotatable bonds is 3. The summed E-state index contributed by atoms with van der Waals surface area (Å²) in [6.45, 7) is 10.1. The molecule has 2 heterocycles. The first-order valence-corrected chi connectivity index (χ1v) is 8.19. The van der Waals surface area contributed by atoms with Gasteiger partial charge in [-0.15, -0.1) is 0 Å². The number of carbonyl (C=O) groups excluding carboxylic acids is 2. The zero-order valence-electron chi connectivity index (χ0n) is 14.2. The van der Waals surface area contributed by atoms with Gasteiger partial charge in [-0.3, -0.25) is 0 Å². The molecule has 22 heavy (non-hydrogen) atoms. The Kier molecular flexibility index (Phi) is 4.87. The molecule has 0 aromatic rings. The van der Waals surface area contributed by atoms with E-state index in [2.05, 4.69) is 0 Å². The second-order valence-corrected chi connectivity index (χ2v) is 7.14. The molecule has 2 amide bonds. The van der Waals surface area contributed by atoms with Gasteiger partial charge in [-0.2, -0.15) is 0 Å². The summed E-state index contributed by atoms with van der Waals surface area (Å²) in [6.07, 6.45) is 3.41. The van der Waals surface area contributed by atoms with Crippen LogP contribution in [0.2, 0.25) is 0 Å². The van der Waals surface area contributed by atoms with Crippen molar-refractivity contribution in [1.82, 2.24) is 9.80 Å². The highest BCUT2D eigenvalue weighted by molar-refractivity contribution is 5.70. The van der Waals surface area contributed by atoms with Gasteiger partial charge in [0.25, 0.3) is 0 Å². The van der Waals surface area contributed by atoms with Gasteiger partial charge < -0.3 is 19.3 Å². The quantitative estimate of drug-likeness (QED) is 0.804. The molecule has 126 valence electrons. The van der Waals surface area contributed by atoms with E-state index in [0.29, 0.717) is 0 Å². The van der Waals surface area contributed by atoms with E-state index in [4.69, 9.17) is 9.47 Å². The van der Waals surface area contributed by atoms with Crippen molar-refractivity contribution in [2.24, 2.45) is 0 Å². The Hall–Kier alpha value is -1.46. The van der Waals surface area contributed by atoms with Crippen molar-refractivity contribution >= 4 is 12.2 Å². The van der Waals surface area contributed by atoms with Crippen molar-refractivity contribution in [2.45, 2.75) is 64.6 Å². The second kappa shape index (κ2) is 6.34. The molecule has 0 aliphatic carbocycles. The highest BCUT2D eigenvalue weighted by Gasteiger charge is 2.45. The maximum Gasteiger partial charge on any atom is 0.410 e. The third kappa shape index (κ3) is 3.65. The van der Waals surface area contributed by atoms with Gasteiger partial charge in [-0.05, 0) is 53.4 Å². The molecule has 6 heteroatoms. The van der Waals surface area contributed by atoms with Crippen LogP contribution in [-0.4, -0.2) is 59.4 Å². The van der Waals surface area contributed by atoms with E-state index in [1.54, 1.807) is 37.5 Å². The molecule has 0 radical (unpaired) electrons. The van der Waals surface area contributed by atoms with Gasteiger partial charge in [0.2, 0.25) is 0 Å². The molecule has 0 atom stereocenters. The SMILES string of the molecule is CC(C)(OC(=O)N1CCCC1)C(C)(C)OC(=O)N1CCCC1. The van der Waals surface area contributed by atoms with Gasteiger partial charge in [0.1, 0.15) is 11.2 Å². The maximum atomic E-state index is 12.2. The number of ether oxygens (including phenoxy) is 2. The first kappa shape index (κ1) is 16.9. The molecule has 0 aromatic heterocycles. The number of nitrogens with zero attached hydrogens (tertiary/aromatic N) is 2. The van der Waals surface area contributed by atoms with Crippen molar-refractivity contribution in [1.29, 1.82) is 0 Å². The lowest BCUT2D eigenvalue weighted by Gasteiger charge is -2.41. The van der Waals surface area contributed by atoms with Crippen LogP contribution in [0.1, 0.15) is 53.4 Å². The van der Waals surface area contributed by atoms with Gasteiger partial charge >= 0.3 is 12.2 Å². The largest absolute Gasteiger partial charge is 0.439 e. The number of carbonyl (C=O) groups is 2. The minimum Gasteiger partial charge on any atom is -0.439 e. The minimum absolute atomic E-state index is 0.326. The van der Waals surface area contributed by atoms with Gasteiger partial charge in [-0.1, -0.05) is 0 Å². The molecule has 2 aliphatic rings. The molecular weight excluding hydrogens is 284 g/mol. The smallest absolute Gasteiger partial charge is 0.410 e. The molecule has 2 fully saturated rings. The van der Waals surface area contributed by atoms with E-state index in [1.165, 1.54) is 0 Å². The van der Waals surface area contributed by atoms with Crippen LogP contribution >= 0.6 is 0 Å². The average molecular weight is 312 g/mol. The maximum absolute atomic E-state index is 12.2. The number of amides is 2. The van der Waals surface area contributed by atoms with E-state index in [-0.39, 0.29) is 12.2 Å². The molecular formula is C16H28N2O4. The molecule has 6 nitrogen and oxygen atoms in total. The zero-order chi connectivity index (χ0) is 16.4. The predicted octanol–water partition coefficient (Wildman–Crippen LogP) is 3.01. The summed E-state index contributed by atoms with van der Waals surface area (Å²) in [7, 11) is 0. The van der Waals surface area contributed by atoms with E-state index >= 15 is 0 Å². The Morgan fingerprint density at radius 1 is 0.682 bits per heavy atom. The normalized spacial score (nSPS) is 19.5. The third-order valence-electron chi connectivity index (χ3n) is 4.86. The molecule has 2 saturated heterocycles. The summed E-state index contributed by atoms with van der Waals surface area (Å²) >= 11 is 0. The van der Waals surface area contributed by atoms with Crippen LogP contribution in [0.3, 0.4) is 0 Å². The highest BCUT2D eigenvalue weighted by atomic mass is 16.6. The van der Waals surface area contributed by atoms with Gasteiger partial charge in [0.15, 0.2) is 0 Å². The lowest BCUT2D eigenvalue weighted by molar-refractivity contribution is -0.126. The van der Waals surface area contributed by atoms with E-state index in [0.717, 1.165) is 51.9 Å². The third-order valence-corrected chi connectivity index (χ3v) is 4.86. The summed E-state index contributed by atoms with van der Waals surface area (Å²) < 4.78 is 11.3. The fourth-order valence-corrected chi connectivity index (χ4v) is 2.61. The predicted molar refractivity (Wildman–Crippen MR) is 82.7 cm³/mol. The summed E-state index contributed by atoms with van der Waals surface area (Å²) in [6, 6.07) is 0. The zero-order valence-corrected chi connectivity index (χ0v) is 14.2. The van der Waals surface area contributed by atoms with Crippen LogP contribution in [0.5, 0.6) is 0 Å². The van der Waals surface area contributed by atoms with Crippen LogP contribution in [-0.2, 0) is 9.47 Å². The van der Waals surface area contributed by atoms with Crippen molar-refractivity contribution < 1.29 is 19.1 Å². The average Bonchev–Trinajstić information content (AvgIpc) is 3.11. The molecule has 0 unspecified atom stereocenters. The van der Waals surface area contributed by atoms with Crippen molar-refractivity contribution in [3.05, 3.63) is 0 Å². The fraction of sp³-hybridized carbons (Fsp3) is 0.875. The Morgan fingerprint density at radius 3 is 1.23 bits per heavy atom. The van der Waals surface area contributed by atoms with Gasteiger partial charge in [0.05, 0.1) is 0 Å². The highest BCUT2D eigenvalue weighted by Crippen LogP contribution is 2.31. The van der Waals surface area contributed by atoms with Crippen LogP contribution in [0, 0.1) is 0 Å². The van der Waals surface area contributed by atoms with Crippen molar-refractivity contribution in [3.8, 4) is 0 Å². The molecule has 0 aromatic carbocycles. The van der Waals surface area contributed by atoms with Gasteiger partial charge in [-0.25, -0.2) is 9.59 Å². The van der Waals surface area contributed by atoms with Crippen LogP contribution in [0.25, 0.3) is 0 Å². The molecule has 2 aliphatic heterocycles. The van der Waals surface area contributed by atoms with E-state index in [1.807, 2.05) is 0 Å². The van der Waals surface area contributed by atoms with E-state index in [9.17, 15) is 9.59 Å². The van der Waals surface area contributed by atoms with Crippen molar-refractivity contribution in [3.63, 3.8) is 0 Å². The first-order chi connectivity index (χ1) is 10.2. The Labute approximate surface area is 132 Å². The standard InChI is InChI=1S/C16H28N2O4/c1-15(2,21-13(19)17-9-5-6-10-17)16(3,4)22-14(20)18-11-7-8-12-18/h5-12H2,1-4H3. The van der Waals surface area contributed by atoms with Crippen LogP contribution < -0.4 is 0 Å². The first-order valence-electron chi connectivity index (χ1n) is 8.19.